The molecule has 1 heterocycles. The average molecular weight is 375 g/mol. The molecule has 2 unspecified atom stereocenters. The van der Waals surface area contributed by atoms with Gasteiger partial charge in [0.05, 0.1) is 6.61 Å². The second-order valence-corrected chi connectivity index (χ2v) is 7.35. The van der Waals surface area contributed by atoms with E-state index in [1.807, 2.05) is 19.2 Å². The normalized spacial score (nSPS) is 18.8. The number of nitrogens with zero attached hydrogens (tertiary/aromatic N) is 1. The highest BCUT2D eigenvalue weighted by Crippen LogP contribution is 2.49. The minimum absolute atomic E-state index is 0.180. The van der Waals surface area contributed by atoms with Gasteiger partial charge in [0.2, 0.25) is 0 Å². The van der Waals surface area contributed by atoms with Gasteiger partial charge >= 0.3 is 6.09 Å². The summed E-state index contributed by atoms with van der Waals surface area (Å²) in [6.45, 7) is 8.24. The Bertz CT molecular complexity index is 761. The monoisotopic (exact) mass is 375 g/mol. The minimum Gasteiger partial charge on any atom is -0.450 e. The van der Waals surface area contributed by atoms with Crippen molar-refractivity contribution < 1.29 is 13.9 Å². The number of H-pyrrole nitrogens is 1. The Morgan fingerprint density at radius 2 is 2.26 bits per heavy atom. The molecule has 0 aliphatic heterocycles. The summed E-state index contributed by atoms with van der Waals surface area (Å²) >= 11 is 0. The van der Waals surface area contributed by atoms with E-state index in [9.17, 15) is 9.18 Å². The van der Waals surface area contributed by atoms with E-state index in [2.05, 4.69) is 22.1 Å². The highest BCUT2D eigenvalue weighted by atomic mass is 19.1. The van der Waals surface area contributed by atoms with Gasteiger partial charge in [-0.15, -0.1) is 0 Å². The molecule has 1 aromatic carbocycles. The third kappa shape index (κ3) is 5.22. The molecule has 5 nitrogen and oxygen atoms in total. The number of aromatic amines is 1. The molecule has 1 amide bonds. The molecular formula is C21H30FN3O2. The van der Waals surface area contributed by atoms with Crippen LogP contribution in [0.25, 0.3) is 10.9 Å². The summed E-state index contributed by atoms with van der Waals surface area (Å²) in [5, 5.41) is 3.81. The van der Waals surface area contributed by atoms with E-state index in [-0.39, 0.29) is 11.9 Å². The predicted molar refractivity (Wildman–Crippen MR) is 105 cm³/mol. The van der Waals surface area contributed by atoms with Gasteiger partial charge in [-0.05, 0) is 68.0 Å². The Balaban J connectivity index is 1.43. The van der Waals surface area contributed by atoms with Crippen LogP contribution in [-0.4, -0.2) is 48.8 Å². The maximum absolute atomic E-state index is 13.6. The van der Waals surface area contributed by atoms with E-state index in [4.69, 9.17) is 4.74 Å². The standard InChI is InChI=1S/C21H30FN3O2/c1-3-10-27-21(26)23-8-5-9-25(4-2)14-15-11-17(15)19-13-24-20-7-6-16(22)12-18(19)20/h6-7,12-13,15,17,24H,3-5,8-11,14H2,1-2H3,(H,23,26). The van der Waals surface area contributed by atoms with Crippen molar-refractivity contribution in [3.05, 3.63) is 35.8 Å². The van der Waals surface area contributed by atoms with Crippen LogP contribution < -0.4 is 5.32 Å². The lowest BCUT2D eigenvalue weighted by Crippen LogP contribution is -2.31. The van der Waals surface area contributed by atoms with E-state index in [0.29, 0.717) is 25.0 Å². The quantitative estimate of drug-likeness (QED) is 0.610. The summed E-state index contributed by atoms with van der Waals surface area (Å²) in [6, 6.07) is 4.94. The van der Waals surface area contributed by atoms with Crippen LogP contribution in [0.4, 0.5) is 9.18 Å². The van der Waals surface area contributed by atoms with Crippen LogP contribution in [-0.2, 0) is 4.74 Å². The molecule has 0 bridgehead atoms. The maximum Gasteiger partial charge on any atom is 0.407 e. The fourth-order valence-corrected chi connectivity index (χ4v) is 3.70. The summed E-state index contributed by atoms with van der Waals surface area (Å²) in [5.41, 5.74) is 2.25. The van der Waals surface area contributed by atoms with Crippen molar-refractivity contribution in [2.45, 2.75) is 39.0 Å². The van der Waals surface area contributed by atoms with Gasteiger partial charge in [-0.25, -0.2) is 9.18 Å². The Morgan fingerprint density at radius 1 is 1.41 bits per heavy atom. The van der Waals surface area contributed by atoms with E-state index in [0.717, 1.165) is 49.8 Å². The number of halogens is 1. The van der Waals surface area contributed by atoms with Gasteiger partial charge in [0.15, 0.2) is 0 Å². The van der Waals surface area contributed by atoms with Gasteiger partial charge in [0.1, 0.15) is 5.82 Å². The van der Waals surface area contributed by atoms with Gasteiger partial charge in [-0.1, -0.05) is 13.8 Å². The second-order valence-electron chi connectivity index (χ2n) is 7.35. The molecule has 148 valence electrons. The van der Waals surface area contributed by atoms with Crippen LogP contribution >= 0.6 is 0 Å². The molecule has 0 radical (unpaired) electrons. The molecule has 1 fully saturated rings. The number of carbonyl (C=O) groups is 1. The number of rotatable bonds is 10. The molecule has 1 aromatic heterocycles. The topological polar surface area (TPSA) is 57.4 Å². The van der Waals surface area contributed by atoms with Crippen molar-refractivity contribution >= 4 is 17.0 Å². The first-order valence-electron chi connectivity index (χ1n) is 10.0. The number of benzene rings is 1. The zero-order chi connectivity index (χ0) is 19.2. The molecule has 0 spiro atoms. The summed E-state index contributed by atoms with van der Waals surface area (Å²) in [7, 11) is 0. The van der Waals surface area contributed by atoms with Crippen LogP contribution in [0, 0.1) is 11.7 Å². The van der Waals surface area contributed by atoms with Crippen LogP contribution in [0.5, 0.6) is 0 Å². The molecule has 2 atom stereocenters. The zero-order valence-corrected chi connectivity index (χ0v) is 16.3. The number of nitrogens with one attached hydrogen (secondary N) is 2. The van der Waals surface area contributed by atoms with Gasteiger partial charge < -0.3 is 19.9 Å². The fourth-order valence-electron chi connectivity index (χ4n) is 3.70. The lowest BCUT2D eigenvalue weighted by Gasteiger charge is -2.20. The third-order valence-corrected chi connectivity index (χ3v) is 5.30. The van der Waals surface area contributed by atoms with Crippen molar-refractivity contribution in [1.82, 2.24) is 15.2 Å². The molecule has 1 aliphatic carbocycles. The first kappa shape index (κ1) is 19.7. The number of aromatic nitrogens is 1. The number of hydrogen-bond acceptors (Lipinski definition) is 3. The fraction of sp³-hybridized carbons (Fsp3) is 0.571. The zero-order valence-electron chi connectivity index (χ0n) is 16.3. The largest absolute Gasteiger partial charge is 0.450 e. The molecule has 0 saturated heterocycles. The molecule has 6 heteroatoms. The highest BCUT2D eigenvalue weighted by Gasteiger charge is 2.40. The number of carbonyl (C=O) groups excluding carboxylic acids is 1. The minimum atomic E-state index is -0.325. The van der Waals surface area contributed by atoms with Crippen molar-refractivity contribution in [3.63, 3.8) is 0 Å². The Hall–Kier alpha value is -2.08. The van der Waals surface area contributed by atoms with Crippen LogP contribution in [0.15, 0.2) is 24.4 Å². The predicted octanol–water partition coefficient (Wildman–Crippen LogP) is 4.26. The summed E-state index contributed by atoms with van der Waals surface area (Å²) in [4.78, 5) is 17.1. The Labute approximate surface area is 160 Å². The van der Waals surface area contributed by atoms with Gasteiger partial charge in [-0.2, -0.15) is 0 Å². The number of hydrogen-bond donors (Lipinski definition) is 2. The number of fused-ring (bicyclic) bond motifs is 1. The van der Waals surface area contributed by atoms with Gasteiger partial charge in [0.25, 0.3) is 0 Å². The molecule has 27 heavy (non-hydrogen) atoms. The lowest BCUT2D eigenvalue weighted by molar-refractivity contribution is 0.145. The molecule has 1 saturated carbocycles. The molecule has 3 rings (SSSR count). The number of ether oxygens (including phenoxy) is 1. The smallest absolute Gasteiger partial charge is 0.407 e. The van der Waals surface area contributed by atoms with Crippen molar-refractivity contribution in [2.24, 2.45) is 5.92 Å². The lowest BCUT2D eigenvalue weighted by atomic mass is 10.1. The number of amides is 1. The maximum atomic E-state index is 13.6. The average Bonchev–Trinajstić information content (AvgIpc) is 3.30. The summed E-state index contributed by atoms with van der Waals surface area (Å²) in [5.74, 6) is 0.951. The highest BCUT2D eigenvalue weighted by molar-refractivity contribution is 5.84. The van der Waals surface area contributed by atoms with Crippen LogP contribution in [0.1, 0.15) is 44.6 Å². The molecule has 1 aliphatic rings. The SMILES string of the molecule is CCCOC(=O)NCCCN(CC)CC1CC1c1c[nH]c2ccc(F)cc12. The summed E-state index contributed by atoms with van der Waals surface area (Å²) in [6.07, 6.45) is 4.61. The van der Waals surface area contributed by atoms with Gasteiger partial charge in [0, 0.05) is 30.2 Å². The molecular weight excluding hydrogens is 345 g/mol. The van der Waals surface area contributed by atoms with Crippen molar-refractivity contribution in [3.8, 4) is 0 Å². The Morgan fingerprint density at radius 3 is 3.04 bits per heavy atom. The van der Waals surface area contributed by atoms with E-state index in [1.165, 1.54) is 11.6 Å². The first-order valence-corrected chi connectivity index (χ1v) is 10.0. The third-order valence-electron chi connectivity index (χ3n) is 5.30. The molecule has 2 N–H and O–H groups in total. The molecule has 2 aromatic rings. The van der Waals surface area contributed by atoms with Crippen molar-refractivity contribution in [1.29, 1.82) is 0 Å². The van der Waals surface area contributed by atoms with Crippen molar-refractivity contribution in [2.75, 3.05) is 32.8 Å². The van der Waals surface area contributed by atoms with E-state index in [1.54, 1.807) is 6.07 Å². The first-order chi connectivity index (χ1) is 13.1. The van der Waals surface area contributed by atoms with Crippen LogP contribution in [0.2, 0.25) is 0 Å². The second kappa shape index (κ2) is 9.22. The summed E-state index contributed by atoms with van der Waals surface area (Å²) < 4.78 is 18.6. The number of alkyl carbamates (subject to hydrolysis) is 1. The van der Waals surface area contributed by atoms with Crippen LogP contribution in [0.3, 0.4) is 0 Å². The van der Waals surface area contributed by atoms with E-state index >= 15 is 0 Å². The van der Waals surface area contributed by atoms with Gasteiger partial charge in [-0.3, -0.25) is 0 Å². The Kier molecular flexibility index (Phi) is 6.72. The van der Waals surface area contributed by atoms with E-state index < -0.39 is 0 Å².